The zero-order valence-corrected chi connectivity index (χ0v) is 13.0. The number of hydrogen-bond donors (Lipinski definition) is 2. The van der Waals surface area contributed by atoms with Gasteiger partial charge in [-0.25, -0.2) is 0 Å². The third-order valence-corrected chi connectivity index (χ3v) is 5.48. The fourth-order valence-corrected chi connectivity index (χ4v) is 4.06. The van der Waals surface area contributed by atoms with E-state index in [2.05, 4.69) is 22.2 Å². The van der Waals surface area contributed by atoms with E-state index in [0.717, 1.165) is 12.8 Å². The monoisotopic (exact) mass is 281 g/mol. The van der Waals surface area contributed by atoms with Crippen molar-refractivity contribution >= 4 is 0 Å². The van der Waals surface area contributed by atoms with Gasteiger partial charge in [0.05, 0.1) is 6.61 Å². The summed E-state index contributed by atoms with van der Waals surface area (Å²) in [5.74, 6) is 0. The van der Waals surface area contributed by atoms with Gasteiger partial charge in [0.2, 0.25) is 0 Å². The predicted octanol–water partition coefficient (Wildman–Crippen LogP) is 1.05. The molecule has 0 aromatic rings. The van der Waals surface area contributed by atoms with Crippen LogP contribution in [0.1, 0.15) is 44.9 Å². The maximum absolute atomic E-state index is 9.94. The Kier molecular flexibility index (Phi) is 4.65. The van der Waals surface area contributed by atoms with Crippen molar-refractivity contribution in [1.82, 2.24) is 15.1 Å². The minimum absolute atomic E-state index is 0.0162. The zero-order valence-electron chi connectivity index (χ0n) is 13.0. The predicted molar refractivity (Wildman–Crippen MR) is 81.9 cm³/mol. The first kappa shape index (κ1) is 14.8. The summed E-state index contributed by atoms with van der Waals surface area (Å²) in [5, 5.41) is 13.7. The molecule has 3 fully saturated rings. The second kappa shape index (κ2) is 6.30. The summed E-state index contributed by atoms with van der Waals surface area (Å²) in [6.07, 6.45) is 8.78. The molecule has 0 amide bonds. The first-order chi connectivity index (χ1) is 9.71. The molecule has 4 nitrogen and oxygen atoms in total. The Balaban J connectivity index is 1.61. The van der Waals surface area contributed by atoms with E-state index in [1.165, 1.54) is 58.3 Å². The standard InChI is InChI=1S/C16H31N3O/c1-18-8-3-9-19(11-10-18)15-4-2-7-16(12-15,13-20)17-14-5-6-14/h14-15,17,20H,2-13H2,1H3. The molecular formula is C16H31N3O. The average Bonchev–Trinajstić information content (AvgIpc) is 3.27. The van der Waals surface area contributed by atoms with Gasteiger partial charge in [0, 0.05) is 30.7 Å². The van der Waals surface area contributed by atoms with Gasteiger partial charge in [0.15, 0.2) is 0 Å². The van der Waals surface area contributed by atoms with Gasteiger partial charge in [-0.1, -0.05) is 0 Å². The smallest absolute Gasteiger partial charge is 0.0613 e. The molecule has 0 aromatic heterocycles. The molecule has 0 bridgehead atoms. The molecular weight excluding hydrogens is 250 g/mol. The van der Waals surface area contributed by atoms with Crippen LogP contribution in [0.4, 0.5) is 0 Å². The van der Waals surface area contributed by atoms with E-state index in [4.69, 9.17) is 0 Å². The SMILES string of the molecule is CN1CCCN(C2CCCC(CO)(NC3CC3)C2)CC1. The fraction of sp³-hybridized carbons (Fsp3) is 1.00. The van der Waals surface area contributed by atoms with Gasteiger partial charge in [0.1, 0.15) is 0 Å². The van der Waals surface area contributed by atoms with E-state index >= 15 is 0 Å². The summed E-state index contributed by atoms with van der Waals surface area (Å²) < 4.78 is 0. The van der Waals surface area contributed by atoms with Crippen LogP contribution >= 0.6 is 0 Å². The van der Waals surface area contributed by atoms with Gasteiger partial charge in [-0.05, 0) is 65.1 Å². The van der Waals surface area contributed by atoms with E-state index in [1.807, 2.05) is 0 Å². The minimum atomic E-state index is 0.0162. The van der Waals surface area contributed by atoms with Gasteiger partial charge in [-0.3, -0.25) is 4.90 Å². The van der Waals surface area contributed by atoms with Crippen LogP contribution < -0.4 is 5.32 Å². The second-order valence-electron chi connectivity index (χ2n) is 7.30. The molecule has 0 radical (unpaired) electrons. The van der Waals surface area contributed by atoms with Gasteiger partial charge in [0.25, 0.3) is 0 Å². The number of aliphatic hydroxyl groups excluding tert-OH is 1. The Labute approximate surface area is 123 Å². The van der Waals surface area contributed by atoms with Crippen LogP contribution in [0.3, 0.4) is 0 Å². The lowest BCUT2D eigenvalue weighted by Gasteiger charge is -2.44. The summed E-state index contributed by atoms with van der Waals surface area (Å²) in [5.41, 5.74) is 0.0162. The molecule has 2 aliphatic carbocycles. The largest absolute Gasteiger partial charge is 0.394 e. The maximum atomic E-state index is 9.94. The molecule has 0 aromatic carbocycles. The molecule has 2 atom stereocenters. The van der Waals surface area contributed by atoms with Crippen LogP contribution in [0.5, 0.6) is 0 Å². The number of nitrogens with zero attached hydrogens (tertiary/aromatic N) is 2. The molecule has 3 aliphatic rings. The van der Waals surface area contributed by atoms with Crippen LogP contribution in [-0.4, -0.2) is 72.4 Å². The third kappa shape index (κ3) is 3.53. The Morgan fingerprint density at radius 2 is 1.95 bits per heavy atom. The highest BCUT2D eigenvalue weighted by atomic mass is 16.3. The zero-order chi connectivity index (χ0) is 14.0. The van der Waals surface area contributed by atoms with Crippen molar-refractivity contribution in [1.29, 1.82) is 0 Å². The van der Waals surface area contributed by atoms with Gasteiger partial charge < -0.3 is 15.3 Å². The third-order valence-electron chi connectivity index (χ3n) is 5.48. The van der Waals surface area contributed by atoms with Crippen molar-refractivity contribution in [2.24, 2.45) is 0 Å². The number of aliphatic hydroxyl groups is 1. The van der Waals surface area contributed by atoms with Crippen LogP contribution in [0.2, 0.25) is 0 Å². The summed E-state index contributed by atoms with van der Waals surface area (Å²) in [7, 11) is 2.23. The average molecular weight is 281 g/mol. The Morgan fingerprint density at radius 3 is 2.70 bits per heavy atom. The molecule has 2 N–H and O–H groups in total. The van der Waals surface area contributed by atoms with Crippen molar-refractivity contribution in [3.05, 3.63) is 0 Å². The normalized spacial score (nSPS) is 37.8. The molecule has 20 heavy (non-hydrogen) atoms. The fourth-order valence-electron chi connectivity index (χ4n) is 4.06. The van der Waals surface area contributed by atoms with Crippen LogP contribution in [-0.2, 0) is 0 Å². The van der Waals surface area contributed by atoms with Gasteiger partial charge >= 0.3 is 0 Å². The summed E-state index contributed by atoms with van der Waals surface area (Å²) in [6, 6.07) is 1.37. The molecule has 4 heteroatoms. The van der Waals surface area contributed by atoms with Crippen molar-refractivity contribution in [3.63, 3.8) is 0 Å². The molecule has 116 valence electrons. The number of hydrogen-bond acceptors (Lipinski definition) is 4. The van der Waals surface area contributed by atoms with E-state index in [1.54, 1.807) is 0 Å². The van der Waals surface area contributed by atoms with Crippen LogP contribution in [0.15, 0.2) is 0 Å². The lowest BCUT2D eigenvalue weighted by atomic mass is 9.78. The second-order valence-corrected chi connectivity index (χ2v) is 7.30. The highest BCUT2D eigenvalue weighted by Crippen LogP contribution is 2.34. The quantitative estimate of drug-likeness (QED) is 0.808. The lowest BCUT2D eigenvalue weighted by molar-refractivity contribution is 0.0596. The highest BCUT2D eigenvalue weighted by molar-refractivity contribution is 5.00. The van der Waals surface area contributed by atoms with E-state index in [9.17, 15) is 5.11 Å². The first-order valence-electron chi connectivity index (χ1n) is 8.52. The molecule has 0 spiro atoms. The Morgan fingerprint density at radius 1 is 1.10 bits per heavy atom. The summed E-state index contributed by atoms with van der Waals surface area (Å²) in [6.45, 7) is 5.17. The van der Waals surface area contributed by atoms with Crippen LogP contribution in [0, 0.1) is 0 Å². The lowest BCUT2D eigenvalue weighted by Crippen LogP contribution is -2.56. The first-order valence-corrected chi connectivity index (χ1v) is 8.52. The number of likely N-dealkylation sites (N-methyl/N-ethyl adjacent to an activating group) is 1. The van der Waals surface area contributed by atoms with E-state index in [-0.39, 0.29) is 5.54 Å². The molecule has 1 aliphatic heterocycles. The topological polar surface area (TPSA) is 38.7 Å². The van der Waals surface area contributed by atoms with Gasteiger partial charge in [-0.2, -0.15) is 0 Å². The Bertz CT molecular complexity index is 321. The molecule has 1 heterocycles. The van der Waals surface area contributed by atoms with Crippen molar-refractivity contribution in [3.8, 4) is 0 Å². The summed E-state index contributed by atoms with van der Waals surface area (Å²) in [4.78, 5) is 5.15. The van der Waals surface area contributed by atoms with Crippen molar-refractivity contribution in [2.45, 2.75) is 62.6 Å². The van der Waals surface area contributed by atoms with E-state index in [0.29, 0.717) is 18.7 Å². The number of rotatable bonds is 4. The molecule has 3 rings (SSSR count). The van der Waals surface area contributed by atoms with Crippen molar-refractivity contribution in [2.75, 3.05) is 39.8 Å². The summed E-state index contributed by atoms with van der Waals surface area (Å²) >= 11 is 0. The number of nitrogens with one attached hydrogen (secondary N) is 1. The van der Waals surface area contributed by atoms with E-state index < -0.39 is 0 Å². The highest BCUT2D eigenvalue weighted by Gasteiger charge is 2.41. The molecule has 2 saturated carbocycles. The maximum Gasteiger partial charge on any atom is 0.0613 e. The Hall–Kier alpha value is -0.160. The van der Waals surface area contributed by atoms with Crippen LogP contribution in [0.25, 0.3) is 0 Å². The van der Waals surface area contributed by atoms with Gasteiger partial charge in [-0.15, -0.1) is 0 Å². The minimum Gasteiger partial charge on any atom is -0.394 e. The molecule has 2 unspecified atom stereocenters. The van der Waals surface area contributed by atoms with Crippen molar-refractivity contribution < 1.29 is 5.11 Å². The molecule has 1 saturated heterocycles.